The Morgan fingerprint density at radius 3 is 2.57 bits per heavy atom. The zero-order valence-electron chi connectivity index (χ0n) is 12.2. The van der Waals surface area contributed by atoms with Crippen LogP contribution in [0.25, 0.3) is 0 Å². The van der Waals surface area contributed by atoms with E-state index in [1.165, 1.54) is 37.8 Å². The van der Waals surface area contributed by atoms with Crippen molar-refractivity contribution in [3.05, 3.63) is 53.6 Å². The van der Waals surface area contributed by atoms with Gasteiger partial charge >= 0.3 is 0 Å². The van der Waals surface area contributed by atoms with Crippen molar-refractivity contribution in [3.63, 3.8) is 0 Å². The quantitative estimate of drug-likeness (QED) is 0.917. The molecule has 0 amide bonds. The van der Waals surface area contributed by atoms with Gasteiger partial charge in [-0.1, -0.05) is 25.0 Å². The fourth-order valence-corrected chi connectivity index (χ4v) is 3.12. The molecule has 0 bridgehead atoms. The highest BCUT2D eigenvalue weighted by Gasteiger charge is 2.18. The number of halogens is 1. The minimum atomic E-state index is -0.206. The molecule has 1 aliphatic carbocycles. The SMILES string of the molecule is NC(Cc1ccc(F)cc1)Cc1ccn(C2CCCC2)n1. The third-order valence-corrected chi connectivity index (χ3v) is 4.24. The monoisotopic (exact) mass is 287 g/mol. The standard InChI is InChI=1S/C17H22FN3/c18-14-7-5-13(6-8-14)11-15(19)12-16-9-10-21(20-16)17-3-1-2-4-17/h5-10,15,17H,1-4,11-12,19H2. The average Bonchev–Trinajstić information content (AvgIpc) is 3.12. The maximum Gasteiger partial charge on any atom is 0.123 e. The predicted molar refractivity (Wildman–Crippen MR) is 81.5 cm³/mol. The van der Waals surface area contributed by atoms with Crippen molar-refractivity contribution in [2.45, 2.75) is 50.6 Å². The highest BCUT2D eigenvalue weighted by Crippen LogP contribution is 2.28. The molecule has 1 saturated carbocycles. The van der Waals surface area contributed by atoms with Crippen LogP contribution in [0.1, 0.15) is 43.0 Å². The summed E-state index contributed by atoms with van der Waals surface area (Å²) in [5.74, 6) is -0.206. The van der Waals surface area contributed by atoms with Gasteiger partial charge in [0.2, 0.25) is 0 Å². The van der Waals surface area contributed by atoms with Crippen LogP contribution >= 0.6 is 0 Å². The first-order valence-electron chi connectivity index (χ1n) is 7.75. The summed E-state index contributed by atoms with van der Waals surface area (Å²) in [6.07, 6.45) is 8.68. The number of nitrogens with zero attached hydrogens (tertiary/aromatic N) is 2. The highest BCUT2D eigenvalue weighted by atomic mass is 19.1. The van der Waals surface area contributed by atoms with Gasteiger partial charge in [-0.05, 0) is 43.0 Å². The van der Waals surface area contributed by atoms with Crippen LogP contribution in [0.5, 0.6) is 0 Å². The van der Waals surface area contributed by atoms with Crippen LogP contribution in [0.4, 0.5) is 4.39 Å². The van der Waals surface area contributed by atoms with E-state index in [9.17, 15) is 4.39 Å². The zero-order chi connectivity index (χ0) is 14.7. The minimum Gasteiger partial charge on any atom is -0.327 e. The van der Waals surface area contributed by atoms with Crippen molar-refractivity contribution in [1.82, 2.24) is 9.78 Å². The van der Waals surface area contributed by atoms with E-state index < -0.39 is 0 Å². The Labute approximate surface area is 125 Å². The number of hydrogen-bond acceptors (Lipinski definition) is 2. The molecule has 2 N–H and O–H groups in total. The lowest BCUT2D eigenvalue weighted by Crippen LogP contribution is -2.25. The average molecular weight is 287 g/mol. The van der Waals surface area contributed by atoms with Crippen LogP contribution in [-0.2, 0) is 12.8 Å². The second-order valence-electron chi connectivity index (χ2n) is 6.02. The summed E-state index contributed by atoms with van der Waals surface area (Å²) in [6.45, 7) is 0. The molecular formula is C17H22FN3. The number of hydrogen-bond donors (Lipinski definition) is 1. The third-order valence-electron chi connectivity index (χ3n) is 4.24. The maximum atomic E-state index is 12.9. The Morgan fingerprint density at radius 2 is 1.86 bits per heavy atom. The topological polar surface area (TPSA) is 43.8 Å². The molecule has 2 aromatic rings. The van der Waals surface area contributed by atoms with Gasteiger partial charge in [-0.25, -0.2) is 4.39 Å². The van der Waals surface area contributed by atoms with E-state index in [1.54, 1.807) is 12.1 Å². The normalized spacial score (nSPS) is 17.2. The Bertz CT molecular complexity index is 570. The van der Waals surface area contributed by atoms with Crippen LogP contribution in [0, 0.1) is 5.82 Å². The van der Waals surface area contributed by atoms with Gasteiger partial charge in [-0.3, -0.25) is 4.68 Å². The lowest BCUT2D eigenvalue weighted by atomic mass is 10.0. The lowest BCUT2D eigenvalue weighted by Gasteiger charge is -2.11. The molecule has 0 radical (unpaired) electrons. The largest absolute Gasteiger partial charge is 0.327 e. The number of rotatable bonds is 5. The van der Waals surface area contributed by atoms with E-state index in [0.29, 0.717) is 6.04 Å². The summed E-state index contributed by atoms with van der Waals surface area (Å²) in [4.78, 5) is 0. The van der Waals surface area contributed by atoms with Crippen molar-refractivity contribution in [1.29, 1.82) is 0 Å². The van der Waals surface area contributed by atoms with Gasteiger partial charge in [0, 0.05) is 18.7 Å². The van der Waals surface area contributed by atoms with Crippen LogP contribution in [-0.4, -0.2) is 15.8 Å². The molecule has 21 heavy (non-hydrogen) atoms. The zero-order valence-corrected chi connectivity index (χ0v) is 12.2. The fourth-order valence-electron chi connectivity index (χ4n) is 3.12. The summed E-state index contributed by atoms with van der Waals surface area (Å²) < 4.78 is 15.0. The lowest BCUT2D eigenvalue weighted by molar-refractivity contribution is 0.461. The molecule has 0 saturated heterocycles. The first kappa shape index (κ1) is 14.3. The van der Waals surface area contributed by atoms with E-state index in [-0.39, 0.29) is 11.9 Å². The molecule has 1 atom stereocenters. The number of benzene rings is 1. The van der Waals surface area contributed by atoms with Gasteiger partial charge in [0.05, 0.1) is 11.7 Å². The molecule has 1 fully saturated rings. The van der Waals surface area contributed by atoms with Crippen LogP contribution < -0.4 is 5.73 Å². The second kappa shape index (κ2) is 6.39. The van der Waals surface area contributed by atoms with Crippen molar-refractivity contribution < 1.29 is 4.39 Å². The van der Waals surface area contributed by atoms with Crippen molar-refractivity contribution >= 4 is 0 Å². The Morgan fingerprint density at radius 1 is 1.14 bits per heavy atom. The maximum absolute atomic E-state index is 12.9. The van der Waals surface area contributed by atoms with Gasteiger partial charge in [-0.2, -0.15) is 5.10 Å². The van der Waals surface area contributed by atoms with E-state index >= 15 is 0 Å². The molecular weight excluding hydrogens is 265 g/mol. The predicted octanol–water partition coefficient (Wildman–Crippen LogP) is 3.25. The Hall–Kier alpha value is -1.68. The summed E-state index contributed by atoms with van der Waals surface area (Å²) in [6, 6.07) is 9.23. The Kier molecular flexibility index (Phi) is 4.34. The number of aromatic nitrogens is 2. The molecule has 3 rings (SSSR count). The van der Waals surface area contributed by atoms with Crippen LogP contribution in [0.2, 0.25) is 0 Å². The first-order valence-corrected chi connectivity index (χ1v) is 7.75. The van der Waals surface area contributed by atoms with Gasteiger partial charge in [0.25, 0.3) is 0 Å². The molecule has 0 aliphatic heterocycles. The second-order valence-corrected chi connectivity index (χ2v) is 6.02. The smallest absolute Gasteiger partial charge is 0.123 e. The highest BCUT2D eigenvalue weighted by molar-refractivity contribution is 5.17. The fraction of sp³-hybridized carbons (Fsp3) is 0.471. The summed E-state index contributed by atoms with van der Waals surface area (Å²) in [5, 5.41) is 4.66. The molecule has 112 valence electrons. The van der Waals surface area contributed by atoms with Gasteiger partial charge in [0.1, 0.15) is 5.82 Å². The van der Waals surface area contributed by atoms with E-state index in [1.807, 2.05) is 0 Å². The van der Waals surface area contributed by atoms with Gasteiger partial charge in [0.15, 0.2) is 0 Å². The summed E-state index contributed by atoms with van der Waals surface area (Å²) in [7, 11) is 0. The first-order chi connectivity index (χ1) is 10.2. The number of nitrogens with two attached hydrogens (primary N) is 1. The third kappa shape index (κ3) is 3.70. The van der Waals surface area contributed by atoms with Crippen molar-refractivity contribution in [2.75, 3.05) is 0 Å². The minimum absolute atomic E-state index is 0.0161. The van der Waals surface area contributed by atoms with Crippen molar-refractivity contribution in [2.24, 2.45) is 5.73 Å². The van der Waals surface area contributed by atoms with E-state index in [2.05, 4.69) is 22.0 Å². The van der Waals surface area contributed by atoms with E-state index in [0.717, 1.165) is 24.1 Å². The Balaban J connectivity index is 1.56. The van der Waals surface area contributed by atoms with Crippen LogP contribution in [0.3, 0.4) is 0 Å². The van der Waals surface area contributed by atoms with Gasteiger partial charge < -0.3 is 5.73 Å². The van der Waals surface area contributed by atoms with Gasteiger partial charge in [-0.15, -0.1) is 0 Å². The molecule has 1 aromatic carbocycles. The summed E-state index contributed by atoms with van der Waals surface area (Å²) >= 11 is 0. The molecule has 0 spiro atoms. The molecule has 1 aromatic heterocycles. The van der Waals surface area contributed by atoms with Crippen LogP contribution in [0.15, 0.2) is 36.5 Å². The molecule has 1 heterocycles. The van der Waals surface area contributed by atoms with Crippen molar-refractivity contribution in [3.8, 4) is 0 Å². The molecule has 1 aliphatic rings. The molecule has 4 heteroatoms. The molecule has 3 nitrogen and oxygen atoms in total. The summed E-state index contributed by atoms with van der Waals surface area (Å²) in [5.41, 5.74) is 8.32. The van der Waals surface area contributed by atoms with E-state index in [4.69, 9.17) is 5.73 Å². The molecule has 1 unspecified atom stereocenters.